The van der Waals surface area contributed by atoms with Crippen molar-refractivity contribution in [3.8, 4) is 0 Å². The summed E-state index contributed by atoms with van der Waals surface area (Å²) in [6.45, 7) is 22.6. The van der Waals surface area contributed by atoms with Crippen molar-refractivity contribution in [2.75, 3.05) is 13.7 Å². The van der Waals surface area contributed by atoms with Crippen LogP contribution in [0.15, 0.2) is 57.9 Å². The second-order valence-electron chi connectivity index (χ2n) is 18.6. The second kappa shape index (κ2) is 20.9. The summed E-state index contributed by atoms with van der Waals surface area (Å²) < 4.78 is 11.1. The van der Waals surface area contributed by atoms with Gasteiger partial charge < -0.3 is 29.7 Å². The number of esters is 2. The number of ether oxygens (including phenoxy) is 2. The van der Waals surface area contributed by atoms with Crippen molar-refractivity contribution >= 4 is 47.3 Å². The summed E-state index contributed by atoms with van der Waals surface area (Å²) in [6.07, 6.45) is 22.3. The number of ketones is 2. The van der Waals surface area contributed by atoms with Crippen molar-refractivity contribution in [1.29, 1.82) is 0 Å². The van der Waals surface area contributed by atoms with Crippen LogP contribution in [0.25, 0.3) is 23.8 Å². The number of methoxy groups -OCH3 is 1. The van der Waals surface area contributed by atoms with Gasteiger partial charge in [-0.05, 0) is 184 Å². The van der Waals surface area contributed by atoms with Crippen LogP contribution in [0.3, 0.4) is 0 Å². The van der Waals surface area contributed by atoms with Gasteiger partial charge in [0, 0.05) is 44.8 Å². The van der Waals surface area contributed by atoms with Gasteiger partial charge in [0.15, 0.2) is 11.6 Å². The Morgan fingerprint density at radius 1 is 0.692 bits per heavy atom. The lowest BCUT2D eigenvalue weighted by molar-refractivity contribution is -0.147. The highest BCUT2D eigenvalue weighted by Crippen LogP contribution is 2.43. The van der Waals surface area contributed by atoms with E-state index in [9.17, 15) is 19.2 Å². The first kappa shape index (κ1) is 48.6. The largest absolute Gasteiger partial charge is 0.468 e. The smallest absolute Gasteiger partial charge is 0.320 e. The number of allylic oxidation sites excluding steroid dienone is 8. The minimum absolute atomic E-state index is 0.0564. The van der Waals surface area contributed by atoms with Crippen LogP contribution in [0.1, 0.15) is 150 Å². The van der Waals surface area contributed by atoms with E-state index in [2.05, 4.69) is 93.0 Å². The number of rotatable bonds is 17. The SMILES string of the molecule is CCc1c(C)/c2[nH]/c1=C\C1=C(C)C3C(=O)[C@@H](C(=O)OC)/C(=c4/[nH]/c(c(C)c4CCC(=O)OC/C=C(\C)CC/C=C(\C)CC/C=C(/C)CCC=C(C)C)=C\c4[nH]c(c(C(C)=O)c4C)\C=2)[C@@H]3N1. The van der Waals surface area contributed by atoms with Crippen LogP contribution >= 0.6 is 0 Å². The Labute approximate surface area is 384 Å². The van der Waals surface area contributed by atoms with Crippen LogP contribution in [0.2, 0.25) is 0 Å². The molecule has 0 aromatic carbocycles. The molecule has 3 aromatic rings. The lowest BCUT2D eigenvalue weighted by atomic mass is 9.95. The summed E-state index contributed by atoms with van der Waals surface area (Å²) >= 11 is 0. The van der Waals surface area contributed by atoms with E-state index < -0.39 is 23.8 Å². The zero-order valence-electron chi connectivity index (χ0n) is 40.8. The van der Waals surface area contributed by atoms with E-state index in [4.69, 9.17) is 9.47 Å². The number of fused-ring (bicyclic) bond motifs is 7. The van der Waals surface area contributed by atoms with E-state index in [1.54, 1.807) is 6.92 Å². The van der Waals surface area contributed by atoms with Crippen molar-refractivity contribution in [2.24, 2.45) is 11.8 Å². The van der Waals surface area contributed by atoms with Crippen LogP contribution in [-0.4, -0.2) is 58.2 Å². The normalized spacial score (nSPS) is 20.7. The highest BCUT2D eigenvalue weighted by atomic mass is 16.5. The van der Waals surface area contributed by atoms with E-state index in [0.717, 1.165) is 111 Å². The fourth-order valence-electron chi connectivity index (χ4n) is 9.85. The maximum absolute atomic E-state index is 14.5. The third-order valence-electron chi connectivity index (χ3n) is 13.7. The third-order valence-corrected chi connectivity index (χ3v) is 13.7. The van der Waals surface area contributed by atoms with Gasteiger partial charge in [0.1, 0.15) is 12.5 Å². The topological polar surface area (TPSA) is 146 Å². The number of hydrogen-bond donors (Lipinski definition) is 4. The molecule has 3 aliphatic rings. The predicted octanol–water partition coefficient (Wildman–Crippen LogP) is 7.82. The summed E-state index contributed by atoms with van der Waals surface area (Å²) in [5.41, 5.74) is 14.4. The van der Waals surface area contributed by atoms with Gasteiger partial charge in [-0.25, -0.2) is 0 Å². The molecule has 3 atom stereocenters. The molecule has 0 saturated heterocycles. The van der Waals surface area contributed by atoms with E-state index in [0.29, 0.717) is 28.6 Å². The van der Waals surface area contributed by atoms with Gasteiger partial charge in [-0.15, -0.1) is 0 Å². The molecule has 10 nitrogen and oxygen atoms in total. The van der Waals surface area contributed by atoms with Crippen molar-refractivity contribution in [3.63, 3.8) is 0 Å². The van der Waals surface area contributed by atoms with Crippen molar-refractivity contribution in [2.45, 2.75) is 140 Å². The van der Waals surface area contributed by atoms with Gasteiger partial charge in [0.25, 0.3) is 0 Å². The van der Waals surface area contributed by atoms with Crippen LogP contribution in [-0.2, 0) is 36.7 Å². The first-order valence-corrected chi connectivity index (χ1v) is 23.4. The quantitative estimate of drug-likeness (QED) is 0.0468. The number of nitrogens with one attached hydrogen (secondary N) is 4. The monoisotopic (exact) mass is 883 g/mol. The number of Topliss-reactive ketones (excluding diaryl/α,β-unsaturated/α-hetero) is 2. The Hall–Kier alpha value is -5.90. The van der Waals surface area contributed by atoms with E-state index in [1.165, 1.54) is 23.8 Å². The van der Waals surface area contributed by atoms with Crippen molar-refractivity contribution < 1.29 is 28.7 Å². The Balaban J connectivity index is 1.29. The number of hydrogen-bond acceptors (Lipinski definition) is 7. The molecule has 0 spiro atoms. The zero-order valence-corrected chi connectivity index (χ0v) is 40.8. The molecule has 10 heteroatoms. The van der Waals surface area contributed by atoms with Crippen LogP contribution in [0.5, 0.6) is 0 Å². The molecule has 6 rings (SSSR count). The summed E-state index contributed by atoms with van der Waals surface area (Å²) in [5, 5.41) is 6.82. The number of aromatic amines is 3. The lowest BCUT2D eigenvalue weighted by Crippen LogP contribution is -2.34. The fourth-order valence-corrected chi connectivity index (χ4v) is 9.85. The molecule has 1 fully saturated rings. The maximum Gasteiger partial charge on any atom is 0.320 e. The first-order valence-electron chi connectivity index (χ1n) is 23.4. The summed E-state index contributed by atoms with van der Waals surface area (Å²) in [4.78, 5) is 65.5. The molecule has 5 heterocycles. The molecule has 4 N–H and O–H groups in total. The molecule has 0 amide bonds. The van der Waals surface area contributed by atoms with Crippen molar-refractivity contribution in [3.05, 3.63) is 124 Å². The molecule has 1 aliphatic carbocycles. The highest BCUT2D eigenvalue weighted by molar-refractivity contribution is 6.15. The summed E-state index contributed by atoms with van der Waals surface area (Å²) in [7, 11) is 1.31. The maximum atomic E-state index is 14.5. The predicted molar refractivity (Wildman–Crippen MR) is 261 cm³/mol. The first-order chi connectivity index (χ1) is 30.9. The van der Waals surface area contributed by atoms with Crippen LogP contribution in [0, 0.1) is 32.6 Å². The average molecular weight is 883 g/mol. The molecule has 8 bridgehead atoms. The van der Waals surface area contributed by atoms with Gasteiger partial charge in [-0.2, -0.15) is 0 Å². The van der Waals surface area contributed by atoms with Crippen LogP contribution in [0.4, 0.5) is 0 Å². The lowest BCUT2D eigenvalue weighted by Gasteiger charge is -2.16. The van der Waals surface area contributed by atoms with Crippen LogP contribution < -0.4 is 26.7 Å². The Morgan fingerprint density at radius 2 is 1.29 bits per heavy atom. The van der Waals surface area contributed by atoms with E-state index in [-0.39, 0.29) is 30.6 Å². The Kier molecular flexibility index (Phi) is 15.6. The summed E-state index contributed by atoms with van der Waals surface area (Å²) in [5.74, 6) is -2.98. The third kappa shape index (κ3) is 10.6. The molecule has 1 saturated carbocycles. The minimum atomic E-state index is -1.15. The Bertz CT molecular complexity index is 2810. The molecule has 65 heavy (non-hydrogen) atoms. The number of aromatic nitrogens is 3. The molecule has 0 radical (unpaired) electrons. The summed E-state index contributed by atoms with van der Waals surface area (Å²) in [6, 6.07) is -0.520. The zero-order chi connectivity index (χ0) is 47.3. The Morgan fingerprint density at radius 3 is 1.91 bits per heavy atom. The molecule has 3 aromatic heterocycles. The number of carbonyl (C=O) groups is 4. The fraction of sp³-hybridized carbons (Fsp3) is 0.455. The van der Waals surface area contributed by atoms with Crippen molar-refractivity contribution in [1.82, 2.24) is 20.3 Å². The van der Waals surface area contributed by atoms with Gasteiger partial charge in [0.05, 0.1) is 24.8 Å². The molecular formula is C55H70N4O6. The number of carbonyl (C=O) groups excluding carboxylic acids is 4. The highest BCUT2D eigenvalue weighted by Gasteiger charge is 2.54. The van der Waals surface area contributed by atoms with Gasteiger partial charge in [-0.3, -0.25) is 19.2 Å². The second-order valence-corrected chi connectivity index (χ2v) is 18.6. The molecule has 1 unspecified atom stereocenters. The number of H-pyrrole nitrogens is 3. The molecule has 2 aliphatic heterocycles. The van der Waals surface area contributed by atoms with Gasteiger partial charge in [-0.1, -0.05) is 47.4 Å². The molecule has 346 valence electrons. The average Bonchev–Trinajstić information content (AvgIpc) is 4.00. The van der Waals surface area contributed by atoms with E-state index >= 15 is 0 Å². The van der Waals surface area contributed by atoms with Gasteiger partial charge in [0.2, 0.25) is 0 Å². The van der Waals surface area contributed by atoms with Gasteiger partial charge >= 0.3 is 11.9 Å². The minimum Gasteiger partial charge on any atom is -0.468 e. The molecular weight excluding hydrogens is 813 g/mol. The standard InChI is InChI=1S/C55H70N4O6/c1-13-39-34(7)41-29-46-48(38(11)60)36(9)43(57-46)27-42-35(8)40(52(58-42)50-51(55(63)64-12)54(62)49-37(10)44(59-53(49)50)28-45(39)56-41)23-24-47(61)65-26-25-33(6)22-16-21-32(5)20-15-19-31(4)18-14-17-30(2)3/h17,19,21,25,27-29,49,51,53,56-59H,13-16,18,20,22-24,26H2,1-12H3/b31-19-,32-21+,33-25+,41-29-,42-27-,45-28-,52-50-/t49?,51-,53+/m0/s1. The van der Waals surface area contributed by atoms with E-state index in [1.807, 2.05) is 39.0 Å².